The van der Waals surface area contributed by atoms with Crippen molar-refractivity contribution in [1.82, 2.24) is 4.90 Å². The molecule has 104 valence electrons. The van der Waals surface area contributed by atoms with E-state index in [0.717, 1.165) is 9.99 Å². The number of halogens is 2. The summed E-state index contributed by atoms with van der Waals surface area (Å²) in [6, 6.07) is 3.41. The van der Waals surface area contributed by atoms with Gasteiger partial charge in [0.1, 0.15) is 5.75 Å². The summed E-state index contributed by atoms with van der Waals surface area (Å²) in [7, 11) is 1.54. The lowest BCUT2D eigenvalue weighted by Gasteiger charge is -2.18. The highest BCUT2D eigenvalue weighted by molar-refractivity contribution is 14.1. The lowest BCUT2D eigenvalue weighted by molar-refractivity contribution is 0.0778. The van der Waals surface area contributed by atoms with Gasteiger partial charge in [-0.3, -0.25) is 4.79 Å². The first kappa shape index (κ1) is 14.9. The minimum atomic E-state index is -0.0916. The van der Waals surface area contributed by atoms with E-state index in [1.807, 2.05) is 0 Å². The summed E-state index contributed by atoms with van der Waals surface area (Å²) >= 11 is 8.18. The van der Waals surface area contributed by atoms with Crippen molar-refractivity contribution >= 4 is 40.1 Å². The maximum atomic E-state index is 12.5. The summed E-state index contributed by atoms with van der Waals surface area (Å²) in [5.74, 6) is 0.617. The molecule has 0 bridgehead atoms. The average Bonchev–Trinajstić information content (AvgIpc) is 2.89. The Morgan fingerprint density at radius 2 is 2.37 bits per heavy atom. The standard InChI is InChI=1S/C13H15ClINO3/c1-19-12-5-11(15)10(14)4-9(12)13(18)16-3-2-8(6-16)7-17/h4-5,8,17H,2-3,6-7H2,1H3. The first-order valence-corrected chi connectivity index (χ1v) is 7.45. The second-order valence-corrected chi connectivity index (χ2v) is 6.12. The predicted molar refractivity (Wildman–Crippen MR) is 81.8 cm³/mol. The Morgan fingerprint density at radius 3 is 2.95 bits per heavy atom. The predicted octanol–water partition coefficient (Wildman–Crippen LogP) is 2.41. The fraction of sp³-hybridized carbons (Fsp3) is 0.462. The van der Waals surface area contributed by atoms with Crippen LogP contribution < -0.4 is 4.74 Å². The topological polar surface area (TPSA) is 49.8 Å². The summed E-state index contributed by atoms with van der Waals surface area (Å²) in [6.07, 6.45) is 0.836. The molecule has 0 aromatic heterocycles. The highest BCUT2D eigenvalue weighted by Gasteiger charge is 2.28. The van der Waals surface area contributed by atoms with E-state index in [2.05, 4.69) is 22.6 Å². The molecule has 19 heavy (non-hydrogen) atoms. The van der Waals surface area contributed by atoms with E-state index < -0.39 is 0 Å². The van der Waals surface area contributed by atoms with Crippen LogP contribution in [0.2, 0.25) is 5.02 Å². The van der Waals surface area contributed by atoms with Crippen molar-refractivity contribution in [3.63, 3.8) is 0 Å². The van der Waals surface area contributed by atoms with Crippen LogP contribution in [0.4, 0.5) is 0 Å². The molecule has 1 aromatic rings. The van der Waals surface area contributed by atoms with Crippen molar-refractivity contribution < 1.29 is 14.6 Å². The van der Waals surface area contributed by atoms with Crippen LogP contribution in [0.5, 0.6) is 5.75 Å². The molecule has 6 heteroatoms. The summed E-state index contributed by atoms with van der Waals surface area (Å²) in [6.45, 7) is 1.37. The van der Waals surface area contributed by atoms with E-state index in [0.29, 0.717) is 29.4 Å². The SMILES string of the molecule is COc1cc(I)c(Cl)cc1C(=O)N1CCC(CO)C1. The fourth-order valence-electron chi connectivity index (χ4n) is 2.20. The first-order chi connectivity index (χ1) is 9.06. The van der Waals surface area contributed by atoms with Crippen LogP contribution in [0.3, 0.4) is 0 Å². The molecule has 0 saturated carbocycles. The lowest BCUT2D eigenvalue weighted by Crippen LogP contribution is -2.29. The Bertz CT molecular complexity index is 495. The fourth-order valence-corrected chi connectivity index (χ4v) is 2.80. The van der Waals surface area contributed by atoms with Crippen molar-refractivity contribution in [2.24, 2.45) is 5.92 Å². The zero-order chi connectivity index (χ0) is 14.0. The summed E-state index contributed by atoms with van der Waals surface area (Å²) in [5, 5.41) is 9.68. The van der Waals surface area contributed by atoms with Crippen LogP contribution in [0.25, 0.3) is 0 Å². The molecule has 1 N–H and O–H groups in total. The Labute approximate surface area is 130 Å². The Kier molecular flexibility index (Phi) is 4.92. The minimum Gasteiger partial charge on any atom is -0.496 e. The van der Waals surface area contributed by atoms with Gasteiger partial charge in [0.15, 0.2) is 0 Å². The number of hydrogen-bond donors (Lipinski definition) is 1. The Balaban J connectivity index is 2.26. The van der Waals surface area contributed by atoms with Crippen LogP contribution >= 0.6 is 34.2 Å². The largest absolute Gasteiger partial charge is 0.496 e. The average molecular weight is 396 g/mol. The van der Waals surface area contributed by atoms with Crippen molar-refractivity contribution in [3.05, 3.63) is 26.3 Å². The van der Waals surface area contributed by atoms with Gasteiger partial charge in [-0.15, -0.1) is 0 Å². The highest BCUT2D eigenvalue weighted by atomic mass is 127. The summed E-state index contributed by atoms with van der Waals surface area (Å²) in [4.78, 5) is 14.2. The van der Waals surface area contributed by atoms with Gasteiger partial charge in [-0.2, -0.15) is 0 Å². The van der Waals surface area contributed by atoms with E-state index >= 15 is 0 Å². The third-order valence-corrected chi connectivity index (χ3v) is 4.83. The van der Waals surface area contributed by atoms with Gasteiger partial charge in [0.05, 0.1) is 17.7 Å². The van der Waals surface area contributed by atoms with E-state index in [9.17, 15) is 4.79 Å². The normalized spacial score (nSPS) is 18.7. The number of amides is 1. The van der Waals surface area contributed by atoms with Crippen molar-refractivity contribution in [3.8, 4) is 5.75 Å². The molecule has 1 saturated heterocycles. The minimum absolute atomic E-state index is 0.0916. The number of ether oxygens (including phenoxy) is 1. The zero-order valence-electron chi connectivity index (χ0n) is 10.5. The molecule has 1 aromatic carbocycles. The monoisotopic (exact) mass is 395 g/mol. The number of carbonyl (C=O) groups is 1. The molecule has 2 rings (SSSR count). The second kappa shape index (κ2) is 6.28. The first-order valence-electron chi connectivity index (χ1n) is 6.00. The van der Waals surface area contributed by atoms with Crippen LogP contribution in [-0.4, -0.2) is 42.7 Å². The molecule has 0 radical (unpaired) electrons. The molecule has 1 atom stereocenters. The number of benzene rings is 1. The van der Waals surface area contributed by atoms with Gasteiger partial charge in [-0.1, -0.05) is 11.6 Å². The third kappa shape index (κ3) is 3.14. The molecule has 1 aliphatic rings. The van der Waals surface area contributed by atoms with Gasteiger partial charge in [-0.05, 0) is 41.1 Å². The van der Waals surface area contributed by atoms with Gasteiger partial charge < -0.3 is 14.7 Å². The van der Waals surface area contributed by atoms with E-state index in [-0.39, 0.29) is 18.4 Å². The lowest BCUT2D eigenvalue weighted by atomic mass is 10.1. The molecule has 4 nitrogen and oxygen atoms in total. The van der Waals surface area contributed by atoms with Gasteiger partial charge in [-0.25, -0.2) is 0 Å². The second-order valence-electron chi connectivity index (χ2n) is 4.56. The smallest absolute Gasteiger partial charge is 0.257 e. The molecule has 1 fully saturated rings. The van der Waals surface area contributed by atoms with Gasteiger partial charge in [0, 0.05) is 29.2 Å². The van der Waals surface area contributed by atoms with Crippen LogP contribution in [-0.2, 0) is 0 Å². The summed E-state index contributed by atoms with van der Waals surface area (Å²) in [5.41, 5.74) is 0.478. The van der Waals surface area contributed by atoms with Gasteiger partial charge in [0.2, 0.25) is 0 Å². The number of aliphatic hydroxyl groups excluding tert-OH is 1. The quantitative estimate of drug-likeness (QED) is 0.800. The maximum Gasteiger partial charge on any atom is 0.257 e. The van der Waals surface area contributed by atoms with E-state index in [1.54, 1.807) is 17.0 Å². The Morgan fingerprint density at radius 1 is 1.63 bits per heavy atom. The molecule has 1 aliphatic heterocycles. The number of methoxy groups -OCH3 is 1. The van der Waals surface area contributed by atoms with Gasteiger partial charge >= 0.3 is 0 Å². The Hall–Kier alpha value is -0.530. The van der Waals surface area contributed by atoms with Crippen LogP contribution in [0.15, 0.2) is 12.1 Å². The number of carbonyl (C=O) groups excluding carboxylic acids is 1. The van der Waals surface area contributed by atoms with E-state index in [4.69, 9.17) is 21.4 Å². The number of aliphatic hydroxyl groups is 1. The van der Waals surface area contributed by atoms with Crippen LogP contribution in [0, 0.1) is 9.49 Å². The molecular weight excluding hydrogens is 381 g/mol. The molecule has 1 unspecified atom stereocenters. The van der Waals surface area contributed by atoms with Gasteiger partial charge in [0.25, 0.3) is 5.91 Å². The zero-order valence-corrected chi connectivity index (χ0v) is 13.4. The van der Waals surface area contributed by atoms with E-state index in [1.165, 1.54) is 7.11 Å². The third-order valence-electron chi connectivity index (χ3n) is 3.30. The molecule has 1 amide bonds. The van der Waals surface area contributed by atoms with Crippen LogP contribution in [0.1, 0.15) is 16.8 Å². The van der Waals surface area contributed by atoms with Crippen molar-refractivity contribution in [1.29, 1.82) is 0 Å². The molecule has 0 spiro atoms. The number of likely N-dealkylation sites (tertiary alicyclic amines) is 1. The van der Waals surface area contributed by atoms with Crippen molar-refractivity contribution in [2.75, 3.05) is 26.8 Å². The molecular formula is C13H15ClINO3. The van der Waals surface area contributed by atoms with Crippen molar-refractivity contribution in [2.45, 2.75) is 6.42 Å². The number of hydrogen-bond acceptors (Lipinski definition) is 3. The highest BCUT2D eigenvalue weighted by Crippen LogP contribution is 2.30. The summed E-state index contributed by atoms with van der Waals surface area (Å²) < 4.78 is 6.10. The number of nitrogens with zero attached hydrogens (tertiary/aromatic N) is 1. The molecule has 1 heterocycles. The molecule has 0 aliphatic carbocycles. The number of rotatable bonds is 3. The maximum absolute atomic E-state index is 12.5.